The van der Waals surface area contributed by atoms with E-state index in [1.165, 1.54) is 6.20 Å². The maximum absolute atomic E-state index is 11.7. The van der Waals surface area contributed by atoms with Gasteiger partial charge in [-0.2, -0.15) is 0 Å². The molecule has 0 saturated carbocycles. The van der Waals surface area contributed by atoms with E-state index in [0.717, 1.165) is 18.4 Å². The van der Waals surface area contributed by atoms with Gasteiger partial charge in [-0.25, -0.2) is 14.0 Å². The number of hydrogen-bond acceptors (Lipinski definition) is 4. The van der Waals surface area contributed by atoms with E-state index in [1.807, 2.05) is 0 Å². The van der Waals surface area contributed by atoms with E-state index in [-0.39, 0.29) is 4.91 Å². The van der Waals surface area contributed by atoms with Crippen LogP contribution in [-0.4, -0.2) is 31.9 Å². The molecular weight excluding hydrogens is 228 g/mol. The van der Waals surface area contributed by atoms with Crippen LogP contribution in [0.3, 0.4) is 0 Å². The molecule has 5 nitrogen and oxygen atoms in total. The highest BCUT2D eigenvalue weighted by molar-refractivity contribution is 8.05. The van der Waals surface area contributed by atoms with Crippen molar-refractivity contribution in [2.24, 2.45) is 4.99 Å². The number of carbonyl (C=O) groups is 1. The fraction of sp³-hybridized carbons (Fsp3) is 0.400. The number of amidine groups is 1. The van der Waals surface area contributed by atoms with Crippen molar-refractivity contribution in [3.05, 3.63) is 22.9 Å². The largest absolute Gasteiger partial charge is 0.477 e. The molecule has 0 saturated heterocycles. The molecule has 0 radical (unpaired) electrons. The molecule has 16 heavy (non-hydrogen) atoms. The first kappa shape index (κ1) is 11.1. The maximum Gasteiger partial charge on any atom is 0.346 e. The summed E-state index contributed by atoms with van der Waals surface area (Å²) in [5.41, 5.74) is 1.13. The number of fused-ring (bicyclic) bond motifs is 1. The Balaban J connectivity index is 2.25. The number of aliphatic carboxylic acids is 1. The molecule has 0 aromatic rings. The molecule has 0 aromatic heterocycles. The van der Waals surface area contributed by atoms with Crippen LogP contribution in [0, 0.1) is 0 Å². The number of rotatable bonds is 3. The lowest BCUT2D eigenvalue weighted by Gasteiger charge is -2.20. The smallest absolute Gasteiger partial charge is 0.346 e. The lowest BCUT2D eigenvalue weighted by molar-refractivity contribution is -0.131. The summed E-state index contributed by atoms with van der Waals surface area (Å²) in [5.74, 6) is -1.15. The van der Waals surface area contributed by atoms with Gasteiger partial charge in [-0.3, -0.25) is 0 Å². The first-order chi connectivity index (χ1) is 7.63. The van der Waals surface area contributed by atoms with Crippen LogP contribution in [0.4, 0.5) is 0 Å². The van der Waals surface area contributed by atoms with Gasteiger partial charge in [0.15, 0.2) is 0 Å². The number of nitrogens with zero attached hydrogens (tertiary/aromatic N) is 2. The van der Waals surface area contributed by atoms with Gasteiger partial charge >= 0.3 is 5.97 Å². The van der Waals surface area contributed by atoms with Crippen molar-refractivity contribution in [1.82, 2.24) is 4.90 Å². The van der Waals surface area contributed by atoms with Gasteiger partial charge in [0.05, 0.1) is 0 Å². The first-order valence-electron chi connectivity index (χ1n) is 5.02. The summed E-state index contributed by atoms with van der Waals surface area (Å²) in [5, 5.41) is 9.17. The zero-order valence-corrected chi connectivity index (χ0v) is 9.66. The summed E-state index contributed by atoms with van der Waals surface area (Å²) in [7, 11) is -1.63. The summed E-state index contributed by atoms with van der Waals surface area (Å²) in [6.45, 7) is 2.66. The molecule has 2 rings (SSSR count). The van der Waals surface area contributed by atoms with E-state index in [9.17, 15) is 9.00 Å². The fourth-order valence-electron chi connectivity index (χ4n) is 1.69. The molecule has 2 aliphatic heterocycles. The Bertz CT molecular complexity index is 451. The first-order valence-corrected chi connectivity index (χ1v) is 6.17. The van der Waals surface area contributed by atoms with Gasteiger partial charge < -0.3 is 10.0 Å². The third-order valence-corrected chi connectivity index (χ3v) is 3.75. The maximum atomic E-state index is 11.7. The minimum Gasteiger partial charge on any atom is -0.477 e. The van der Waals surface area contributed by atoms with Crippen molar-refractivity contribution in [3.63, 3.8) is 0 Å². The van der Waals surface area contributed by atoms with E-state index in [0.29, 0.717) is 11.7 Å². The molecule has 0 spiro atoms. The van der Waals surface area contributed by atoms with Gasteiger partial charge in [0, 0.05) is 18.9 Å². The summed E-state index contributed by atoms with van der Waals surface area (Å²) in [6.07, 6.45) is 5.06. The van der Waals surface area contributed by atoms with Crippen molar-refractivity contribution >= 4 is 21.9 Å². The third kappa shape index (κ3) is 1.80. The molecule has 6 heteroatoms. The van der Waals surface area contributed by atoms with Crippen LogP contribution >= 0.6 is 0 Å². The highest BCUT2D eigenvalue weighted by Gasteiger charge is 2.33. The molecule has 0 fully saturated rings. The zero-order chi connectivity index (χ0) is 11.7. The third-order valence-electron chi connectivity index (χ3n) is 2.40. The van der Waals surface area contributed by atoms with E-state index in [1.54, 1.807) is 11.1 Å². The van der Waals surface area contributed by atoms with Gasteiger partial charge in [0.1, 0.15) is 15.7 Å². The number of aliphatic imine (C=N–C) groups is 1. The minimum atomic E-state index is -1.63. The topological polar surface area (TPSA) is 70.0 Å². The Morgan fingerprint density at radius 3 is 3.06 bits per heavy atom. The van der Waals surface area contributed by atoms with E-state index >= 15 is 0 Å². The molecule has 2 heterocycles. The second-order valence-corrected chi connectivity index (χ2v) is 4.99. The van der Waals surface area contributed by atoms with Crippen LogP contribution in [0.15, 0.2) is 27.9 Å². The molecule has 1 N–H and O–H groups in total. The van der Waals surface area contributed by atoms with Crippen molar-refractivity contribution in [1.29, 1.82) is 0 Å². The van der Waals surface area contributed by atoms with Crippen LogP contribution in [-0.2, 0) is 15.6 Å². The highest BCUT2D eigenvalue weighted by Crippen LogP contribution is 2.24. The molecule has 0 aliphatic carbocycles. The van der Waals surface area contributed by atoms with Crippen LogP contribution in [0.2, 0.25) is 0 Å². The van der Waals surface area contributed by atoms with Gasteiger partial charge in [0.25, 0.3) is 0 Å². The average molecular weight is 240 g/mol. The minimum absolute atomic E-state index is 0.0927. The molecular formula is C10H12N2O3S. The molecule has 0 amide bonds. The second-order valence-electron chi connectivity index (χ2n) is 3.64. The van der Waals surface area contributed by atoms with Crippen molar-refractivity contribution < 1.29 is 14.1 Å². The fourth-order valence-corrected chi connectivity index (χ4v) is 2.75. The zero-order valence-electron chi connectivity index (χ0n) is 8.84. The molecule has 86 valence electrons. The van der Waals surface area contributed by atoms with E-state index in [4.69, 9.17) is 5.11 Å². The SMILES string of the molecule is CCCC1=CN=C2N(C=C(C(=O)O)S2=O)C1. The van der Waals surface area contributed by atoms with Gasteiger partial charge in [-0.05, 0) is 12.0 Å². The predicted molar refractivity (Wildman–Crippen MR) is 61.0 cm³/mol. The van der Waals surface area contributed by atoms with E-state index < -0.39 is 16.8 Å². The molecule has 0 bridgehead atoms. The molecule has 1 atom stereocenters. The van der Waals surface area contributed by atoms with Crippen LogP contribution in [0.1, 0.15) is 19.8 Å². The summed E-state index contributed by atoms with van der Waals surface area (Å²) in [4.78, 5) is 16.4. The standard InChI is InChI=1S/C10H12N2O3S/c1-2-3-7-4-11-10-12(5-7)6-8(9(13)14)16(10)15/h4,6H,2-3,5H2,1H3,(H,13,14). The van der Waals surface area contributed by atoms with Gasteiger partial charge in [-0.15, -0.1) is 0 Å². The number of carboxylic acids is 1. The van der Waals surface area contributed by atoms with Gasteiger partial charge in [0.2, 0.25) is 5.17 Å². The Labute approximate surface area is 95.6 Å². The second kappa shape index (κ2) is 4.21. The quantitative estimate of drug-likeness (QED) is 0.800. The van der Waals surface area contributed by atoms with Gasteiger partial charge in [-0.1, -0.05) is 13.3 Å². The number of hydrogen-bond donors (Lipinski definition) is 1. The molecule has 2 aliphatic rings. The Morgan fingerprint density at radius 1 is 1.69 bits per heavy atom. The Morgan fingerprint density at radius 2 is 2.44 bits per heavy atom. The average Bonchev–Trinajstić information content (AvgIpc) is 2.56. The van der Waals surface area contributed by atoms with Crippen molar-refractivity contribution in [2.45, 2.75) is 19.8 Å². The predicted octanol–water partition coefficient (Wildman–Crippen LogP) is 1.03. The van der Waals surface area contributed by atoms with E-state index in [2.05, 4.69) is 11.9 Å². The van der Waals surface area contributed by atoms with Crippen molar-refractivity contribution in [3.8, 4) is 0 Å². The Hall–Kier alpha value is -1.43. The normalized spacial score (nSPS) is 23.4. The summed E-state index contributed by atoms with van der Waals surface area (Å²) >= 11 is 0. The Kier molecular flexibility index (Phi) is 2.91. The summed E-state index contributed by atoms with van der Waals surface area (Å²) < 4.78 is 11.7. The molecule has 1 unspecified atom stereocenters. The monoisotopic (exact) mass is 240 g/mol. The highest BCUT2D eigenvalue weighted by atomic mass is 32.2. The van der Waals surface area contributed by atoms with Crippen molar-refractivity contribution in [2.75, 3.05) is 6.54 Å². The lowest BCUT2D eigenvalue weighted by atomic mass is 10.1. The van der Waals surface area contributed by atoms with Crippen LogP contribution < -0.4 is 0 Å². The van der Waals surface area contributed by atoms with Crippen LogP contribution in [0.5, 0.6) is 0 Å². The number of carboxylic acid groups (broad SMARTS) is 1. The van der Waals surface area contributed by atoms with Crippen LogP contribution in [0.25, 0.3) is 0 Å². The molecule has 0 aromatic carbocycles. The lowest BCUT2D eigenvalue weighted by Crippen LogP contribution is -2.28. The summed E-state index contributed by atoms with van der Waals surface area (Å²) in [6, 6.07) is 0.